The summed E-state index contributed by atoms with van der Waals surface area (Å²) in [5.41, 5.74) is 0.984. The van der Waals surface area contributed by atoms with E-state index in [1.807, 2.05) is 37.3 Å². The molecule has 0 radical (unpaired) electrons. The molecule has 1 atom stereocenters. The molecule has 0 amide bonds. The van der Waals surface area contributed by atoms with E-state index in [1.165, 1.54) is 0 Å². The first kappa shape index (κ1) is 10.1. The van der Waals surface area contributed by atoms with Gasteiger partial charge in [-0.15, -0.1) is 0 Å². The number of furan rings is 1. The van der Waals surface area contributed by atoms with E-state index >= 15 is 0 Å². The van der Waals surface area contributed by atoms with Gasteiger partial charge in [-0.05, 0) is 31.2 Å². The van der Waals surface area contributed by atoms with Gasteiger partial charge in [-0.25, -0.2) is 0 Å². The molecule has 0 aliphatic carbocycles. The van der Waals surface area contributed by atoms with Gasteiger partial charge in [0.15, 0.2) is 11.5 Å². The molecule has 1 aliphatic rings. The Labute approximate surface area is 99.1 Å². The third kappa shape index (κ3) is 1.93. The number of rotatable bonds is 3. The van der Waals surface area contributed by atoms with Gasteiger partial charge in [0.05, 0.1) is 12.3 Å². The third-order valence-corrected chi connectivity index (χ3v) is 2.73. The fraction of sp³-hybridized carbons (Fsp3) is 0.231. The van der Waals surface area contributed by atoms with Crippen LogP contribution in [0.5, 0.6) is 11.5 Å². The monoisotopic (exact) mass is 231 g/mol. The van der Waals surface area contributed by atoms with Gasteiger partial charge in [-0.3, -0.25) is 0 Å². The fourth-order valence-corrected chi connectivity index (χ4v) is 1.85. The average molecular weight is 231 g/mol. The minimum absolute atomic E-state index is 0.116. The van der Waals surface area contributed by atoms with Crippen molar-refractivity contribution >= 4 is 5.69 Å². The van der Waals surface area contributed by atoms with Crippen LogP contribution < -0.4 is 14.8 Å². The smallest absolute Gasteiger partial charge is 0.231 e. The van der Waals surface area contributed by atoms with E-state index in [2.05, 4.69) is 5.32 Å². The summed E-state index contributed by atoms with van der Waals surface area (Å²) in [5, 5.41) is 3.34. The molecule has 1 aliphatic heterocycles. The summed E-state index contributed by atoms with van der Waals surface area (Å²) in [6, 6.07) is 9.75. The maximum atomic E-state index is 5.34. The van der Waals surface area contributed by atoms with E-state index in [9.17, 15) is 0 Å². The lowest BCUT2D eigenvalue weighted by atomic mass is 10.2. The van der Waals surface area contributed by atoms with Crippen molar-refractivity contribution in [2.24, 2.45) is 0 Å². The Bertz CT molecular complexity index is 507. The number of benzene rings is 1. The minimum Gasteiger partial charge on any atom is -0.467 e. The van der Waals surface area contributed by atoms with Crippen LogP contribution in [0.1, 0.15) is 18.7 Å². The zero-order valence-corrected chi connectivity index (χ0v) is 9.47. The summed E-state index contributed by atoms with van der Waals surface area (Å²) in [4.78, 5) is 0. The molecule has 1 unspecified atom stereocenters. The second-order valence-electron chi connectivity index (χ2n) is 3.95. The van der Waals surface area contributed by atoms with E-state index in [4.69, 9.17) is 13.9 Å². The second-order valence-corrected chi connectivity index (χ2v) is 3.95. The van der Waals surface area contributed by atoms with E-state index in [0.717, 1.165) is 22.9 Å². The highest BCUT2D eigenvalue weighted by molar-refractivity contribution is 5.56. The molecule has 3 rings (SSSR count). The molecule has 17 heavy (non-hydrogen) atoms. The zero-order valence-electron chi connectivity index (χ0n) is 9.47. The molecular formula is C13H13NO3. The van der Waals surface area contributed by atoms with Gasteiger partial charge in [0, 0.05) is 11.8 Å². The van der Waals surface area contributed by atoms with E-state index in [-0.39, 0.29) is 6.04 Å². The molecule has 88 valence electrons. The Balaban J connectivity index is 1.77. The van der Waals surface area contributed by atoms with Crippen LogP contribution in [0.2, 0.25) is 0 Å². The van der Waals surface area contributed by atoms with Crippen LogP contribution in [0.25, 0.3) is 0 Å². The molecule has 2 aromatic rings. The van der Waals surface area contributed by atoms with Gasteiger partial charge < -0.3 is 19.2 Å². The quantitative estimate of drug-likeness (QED) is 0.881. The number of hydrogen-bond donors (Lipinski definition) is 1. The Morgan fingerprint density at radius 1 is 1.18 bits per heavy atom. The highest BCUT2D eigenvalue weighted by Crippen LogP contribution is 2.35. The molecule has 1 aromatic heterocycles. The molecule has 0 bridgehead atoms. The largest absolute Gasteiger partial charge is 0.467 e. The Morgan fingerprint density at radius 3 is 2.88 bits per heavy atom. The van der Waals surface area contributed by atoms with Crippen LogP contribution in [-0.2, 0) is 0 Å². The van der Waals surface area contributed by atoms with Gasteiger partial charge in [0.25, 0.3) is 0 Å². The minimum atomic E-state index is 0.116. The van der Waals surface area contributed by atoms with Crippen LogP contribution in [0, 0.1) is 0 Å². The molecule has 0 fully saturated rings. The topological polar surface area (TPSA) is 43.6 Å². The fourth-order valence-electron chi connectivity index (χ4n) is 1.85. The summed E-state index contributed by atoms with van der Waals surface area (Å²) in [6.45, 7) is 2.34. The predicted molar refractivity (Wildman–Crippen MR) is 63.3 cm³/mol. The van der Waals surface area contributed by atoms with Gasteiger partial charge in [0.1, 0.15) is 5.76 Å². The molecule has 0 saturated carbocycles. The standard InChI is InChI=1S/C13H13NO3/c1-9(11-3-2-6-15-11)14-10-4-5-12-13(7-10)17-8-16-12/h2-7,9,14H,8H2,1H3. The predicted octanol–water partition coefficient (Wildman–Crippen LogP) is 3.18. The van der Waals surface area contributed by atoms with Gasteiger partial charge in [-0.1, -0.05) is 0 Å². The molecule has 0 spiro atoms. The maximum absolute atomic E-state index is 5.34. The normalized spacial score (nSPS) is 14.6. The van der Waals surface area contributed by atoms with Gasteiger partial charge in [0.2, 0.25) is 6.79 Å². The Morgan fingerprint density at radius 2 is 2.06 bits per heavy atom. The highest BCUT2D eigenvalue weighted by atomic mass is 16.7. The summed E-state index contributed by atoms with van der Waals surface area (Å²) in [7, 11) is 0. The molecule has 2 heterocycles. The molecule has 4 nitrogen and oxygen atoms in total. The summed E-state index contributed by atoms with van der Waals surface area (Å²) >= 11 is 0. The molecule has 1 aromatic carbocycles. The average Bonchev–Trinajstić information content (AvgIpc) is 2.99. The number of nitrogens with one attached hydrogen (secondary N) is 1. The number of ether oxygens (including phenoxy) is 2. The zero-order chi connectivity index (χ0) is 11.7. The van der Waals surface area contributed by atoms with Crippen molar-refractivity contribution < 1.29 is 13.9 Å². The summed E-state index contributed by atoms with van der Waals surface area (Å²) < 4.78 is 15.9. The lowest BCUT2D eigenvalue weighted by molar-refractivity contribution is 0.174. The van der Waals surface area contributed by atoms with Crippen molar-refractivity contribution in [3.63, 3.8) is 0 Å². The molecular weight excluding hydrogens is 218 g/mol. The first-order valence-electron chi connectivity index (χ1n) is 5.52. The van der Waals surface area contributed by atoms with Crippen LogP contribution in [-0.4, -0.2) is 6.79 Å². The van der Waals surface area contributed by atoms with Crippen molar-refractivity contribution in [1.82, 2.24) is 0 Å². The molecule has 0 saturated heterocycles. The first-order valence-corrected chi connectivity index (χ1v) is 5.52. The SMILES string of the molecule is CC(Nc1ccc2c(c1)OCO2)c1ccco1. The third-order valence-electron chi connectivity index (χ3n) is 2.73. The second kappa shape index (κ2) is 4.05. The van der Waals surface area contributed by atoms with Crippen LogP contribution in [0.4, 0.5) is 5.69 Å². The lowest BCUT2D eigenvalue weighted by Gasteiger charge is -2.13. The van der Waals surface area contributed by atoms with E-state index in [1.54, 1.807) is 6.26 Å². The van der Waals surface area contributed by atoms with Gasteiger partial charge >= 0.3 is 0 Å². The van der Waals surface area contributed by atoms with Crippen molar-refractivity contribution in [1.29, 1.82) is 0 Å². The van der Waals surface area contributed by atoms with Crippen LogP contribution in [0.15, 0.2) is 41.0 Å². The molecule has 1 N–H and O–H groups in total. The highest BCUT2D eigenvalue weighted by Gasteiger charge is 2.14. The van der Waals surface area contributed by atoms with Crippen LogP contribution >= 0.6 is 0 Å². The van der Waals surface area contributed by atoms with Crippen LogP contribution in [0.3, 0.4) is 0 Å². The number of fused-ring (bicyclic) bond motifs is 1. The van der Waals surface area contributed by atoms with Crippen molar-refractivity contribution in [2.45, 2.75) is 13.0 Å². The van der Waals surface area contributed by atoms with Crippen molar-refractivity contribution in [2.75, 3.05) is 12.1 Å². The molecule has 4 heteroatoms. The lowest BCUT2D eigenvalue weighted by Crippen LogP contribution is -2.05. The summed E-state index contributed by atoms with van der Waals surface area (Å²) in [5.74, 6) is 2.48. The summed E-state index contributed by atoms with van der Waals surface area (Å²) in [6.07, 6.45) is 1.67. The van der Waals surface area contributed by atoms with Gasteiger partial charge in [-0.2, -0.15) is 0 Å². The van der Waals surface area contributed by atoms with Crippen molar-refractivity contribution in [3.8, 4) is 11.5 Å². The Kier molecular flexibility index (Phi) is 2.40. The van der Waals surface area contributed by atoms with Crippen molar-refractivity contribution in [3.05, 3.63) is 42.4 Å². The number of anilines is 1. The van der Waals surface area contributed by atoms with E-state index < -0.39 is 0 Å². The van der Waals surface area contributed by atoms with E-state index in [0.29, 0.717) is 6.79 Å². The first-order chi connectivity index (χ1) is 8.33. The Hall–Kier alpha value is -2.10. The maximum Gasteiger partial charge on any atom is 0.231 e. The number of hydrogen-bond acceptors (Lipinski definition) is 4.